The van der Waals surface area contributed by atoms with Crippen molar-refractivity contribution in [3.8, 4) is 6.07 Å². The van der Waals surface area contributed by atoms with Crippen molar-refractivity contribution in [3.05, 3.63) is 0 Å². The van der Waals surface area contributed by atoms with Gasteiger partial charge in [0.2, 0.25) is 0 Å². The number of carbonyl (C=O) groups is 2. The van der Waals surface area contributed by atoms with E-state index in [0.717, 1.165) is 25.7 Å². The highest BCUT2D eigenvalue weighted by Gasteiger charge is 2.72. The number of ether oxygens (including phenoxy) is 2. The molecule has 2 saturated carbocycles. The van der Waals surface area contributed by atoms with Crippen LogP contribution >= 0.6 is 0 Å². The number of carbonyl (C=O) groups excluding carboxylic acids is 2. The fraction of sp³-hybridized carbons (Fsp3) is 0.824. The molecule has 0 N–H and O–H groups in total. The van der Waals surface area contributed by atoms with E-state index in [2.05, 4.69) is 13.0 Å². The largest absolute Gasteiger partial charge is 0.458 e. The van der Waals surface area contributed by atoms with Gasteiger partial charge >= 0.3 is 11.9 Å². The molecular formula is C17H23NO4. The number of fused-ring (bicyclic) bond motifs is 1. The highest BCUT2D eigenvalue weighted by molar-refractivity contribution is 5.84. The second-order valence-corrected chi connectivity index (χ2v) is 7.29. The Bertz CT molecular complexity index is 553. The van der Waals surface area contributed by atoms with E-state index in [4.69, 9.17) is 9.47 Å². The molecule has 1 aliphatic heterocycles. The molecule has 5 heteroatoms. The van der Waals surface area contributed by atoms with E-state index in [0.29, 0.717) is 6.42 Å². The molecule has 22 heavy (non-hydrogen) atoms. The monoisotopic (exact) mass is 305 g/mol. The molecule has 6 atom stereocenters. The van der Waals surface area contributed by atoms with Crippen LogP contribution in [0.5, 0.6) is 0 Å². The maximum absolute atomic E-state index is 12.6. The minimum absolute atomic E-state index is 0.0767. The number of rotatable bonds is 5. The van der Waals surface area contributed by atoms with Crippen LogP contribution in [0, 0.1) is 34.0 Å². The Hall–Kier alpha value is -1.57. The lowest BCUT2D eigenvalue weighted by atomic mass is 9.74. The van der Waals surface area contributed by atoms with Crippen molar-refractivity contribution in [2.24, 2.45) is 22.7 Å². The Morgan fingerprint density at radius 2 is 2.27 bits per heavy atom. The highest BCUT2D eigenvalue weighted by atomic mass is 16.6. The SMILES string of the molecule is CCCC(C)(CC)C(=O)OC1C2CC3C1OC(=O)C3(C#N)C2. The van der Waals surface area contributed by atoms with Crippen molar-refractivity contribution in [2.45, 2.75) is 65.1 Å². The molecular weight excluding hydrogens is 282 g/mol. The third-order valence-corrected chi connectivity index (χ3v) is 6.08. The zero-order chi connectivity index (χ0) is 16.1. The fourth-order valence-electron chi connectivity index (χ4n) is 4.53. The summed E-state index contributed by atoms with van der Waals surface area (Å²) in [4.78, 5) is 24.6. The smallest absolute Gasteiger partial charge is 0.327 e. The van der Waals surface area contributed by atoms with E-state index in [9.17, 15) is 14.9 Å². The summed E-state index contributed by atoms with van der Waals surface area (Å²) in [6, 6.07) is 2.17. The van der Waals surface area contributed by atoms with E-state index < -0.39 is 22.9 Å². The Balaban J connectivity index is 1.76. The predicted octanol–water partition coefficient (Wildman–Crippen LogP) is 2.59. The predicted molar refractivity (Wildman–Crippen MR) is 77.3 cm³/mol. The van der Waals surface area contributed by atoms with Gasteiger partial charge in [-0.2, -0.15) is 5.26 Å². The van der Waals surface area contributed by atoms with Gasteiger partial charge < -0.3 is 9.47 Å². The Morgan fingerprint density at radius 1 is 1.55 bits per heavy atom. The molecule has 0 amide bonds. The van der Waals surface area contributed by atoms with Crippen LogP contribution < -0.4 is 0 Å². The van der Waals surface area contributed by atoms with E-state index in [-0.39, 0.29) is 23.9 Å². The maximum Gasteiger partial charge on any atom is 0.327 e. The molecule has 0 aromatic carbocycles. The second kappa shape index (κ2) is 4.97. The standard InChI is InChI=1S/C17H23NO4/c1-4-6-16(3,5-2)14(19)21-12-10-7-11-13(12)22-15(20)17(11,8-10)9-18/h10-13H,4-8H2,1-3H3. The number of hydrogen-bond acceptors (Lipinski definition) is 5. The van der Waals surface area contributed by atoms with Crippen LogP contribution in [0.1, 0.15) is 52.9 Å². The molecule has 2 aliphatic carbocycles. The number of esters is 2. The van der Waals surface area contributed by atoms with E-state index in [1.165, 1.54) is 0 Å². The van der Waals surface area contributed by atoms with Crippen LogP contribution in [0.25, 0.3) is 0 Å². The van der Waals surface area contributed by atoms with Gasteiger partial charge in [0.1, 0.15) is 12.2 Å². The first-order chi connectivity index (χ1) is 10.4. The molecule has 0 aromatic rings. The highest BCUT2D eigenvalue weighted by Crippen LogP contribution is 2.62. The van der Waals surface area contributed by atoms with Gasteiger partial charge in [0.25, 0.3) is 0 Å². The number of nitriles is 1. The Morgan fingerprint density at radius 3 is 2.86 bits per heavy atom. The normalized spacial score (nSPS) is 40.9. The van der Waals surface area contributed by atoms with Gasteiger partial charge in [-0.05, 0) is 32.6 Å². The first-order valence-electron chi connectivity index (χ1n) is 8.25. The summed E-state index contributed by atoms with van der Waals surface area (Å²) in [5.41, 5.74) is -1.46. The van der Waals surface area contributed by atoms with Crippen molar-refractivity contribution in [2.75, 3.05) is 0 Å². The molecule has 0 aromatic heterocycles. The van der Waals surface area contributed by atoms with Crippen LogP contribution in [-0.2, 0) is 19.1 Å². The minimum Gasteiger partial charge on any atom is -0.458 e. The second-order valence-electron chi connectivity index (χ2n) is 7.29. The van der Waals surface area contributed by atoms with E-state index in [1.807, 2.05) is 13.8 Å². The van der Waals surface area contributed by atoms with Crippen LogP contribution in [0.15, 0.2) is 0 Å². The molecule has 2 bridgehead atoms. The number of hydrogen-bond donors (Lipinski definition) is 0. The fourth-order valence-corrected chi connectivity index (χ4v) is 4.53. The van der Waals surface area contributed by atoms with Crippen molar-refractivity contribution >= 4 is 11.9 Å². The molecule has 5 nitrogen and oxygen atoms in total. The summed E-state index contributed by atoms with van der Waals surface area (Å²) in [5.74, 6) is -0.641. The zero-order valence-corrected chi connectivity index (χ0v) is 13.4. The number of nitrogens with zero attached hydrogens (tertiary/aromatic N) is 1. The first kappa shape index (κ1) is 15.3. The molecule has 120 valence electrons. The quantitative estimate of drug-likeness (QED) is 0.730. The third kappa shape index (κ3) is 1.82. The molecule has 0 radical (unpaired) electrons. The molecule has 3 rings (SSSR count). The molecule has 3 aliphatic rings. The van der Waals surface area contributed by atoms with Gasteiger partial charge in [-0.25, -0.2) is 0 Å². The van der Waals surface area contributed by atoms with Gasteiger partial charge in [0.05, 0.1) is 11.5 Å². The lowest BCUT2D eigenvalue weighted by Crippen LogP contribution is -2.42. The van der Waals surface area contributed by atoms with Gasteiger partial charge in [-0.3, -0.25) is 9.59 Å². The summed E-state index contributed by atoms with van der Waals surface area (Å²) in [6.45, 7) is 5.99. The lowest BCUT2D eigenvalue weighted by molar-refractivity contribution is -0.171. The van der Waals surface area contributed by atoms with Crippen molar-refractivity contribution in [1.82, 2.24) is 0 Å². The first-order valence-corrected chi connectivity index (χ1v) is 8.25. The summed E-state index contributed by atoms with van der Waals surface area (Å²) in [6.07, 6.45) is 2.87. The average Bonchev–Trinajstić information content (AvgIpc) is 3.09. The Kier molecular flexibility index (Phi) is 3.47. The summed E-state index contributed by atoms with van der Waals surface area (Å²) in [7, 11) is 0. The molecule has 0 spiro atoms. The van der Waals surface area contributed by atoms with Crippen LogP contribution in [-0.4, -0.2) is 24.1 Å². The van der Waals surface area contributed by atoms with Crippen LogP contribution in [0.3, 0.4) is 0 Å². The van der Waals surface area contributed by atoms with Gasteiger partial charge in [0.15, 0.2) is 5.41 Å². The third-order valence-electron chi connectivity index (χ3n) is 6.08. The molecule has 3 fully saturated rings. The average molecular weight is 305 g/mol. The van der Waals surface area contributed by atoms with Gasteiger partial charge in [-0.15, -0.1) is 0 Å². The minimum atomic E-state index is -0.976. The molecule has 1 saturated heterocycles. The van der Waals surface area contributed by atoms with E-state index in [1.54, 1.807) is 0 Å². The summed E-state index contributed by atoms with van der Waals surface area (Å²) < 4.78 is 11.2. The van der Waals surface area contributed by atoms with Gasteiger partial charge in [0, 0.05) is 11.8 Å². The van der Waals surface area contributed by atoms with Crippen molar-refractivity contribution in [3.63, 3.8) is 0 Å². The van der Waals surface area contributed by atoms with Crippen LogP contribution in [0.4, 0.5) is 0 Å². The summed E-state index contributed by atoms with van der Waals surface area (Å²) in [5, 5.41) is 9.38. The molecule has 1 heterocycles. The lowest BCUT2D eigenvalue weighted by Gasteiger charge is -2.32. The zero-order valence-electron chi connectivity index (χ0n) is 13.4. The van der Waals surface area contributed by atoms with E-state index >= 15 is 0 Å². The molecule has 6 unspecified atom stereocenters. The summed E-state index contributed by atoms with van der Waals surface area (Å²) >= 11 is 0. The van der Waals surface area contributed by atoms with Crippen LogP contribution in [0.2, 0.25) is 0 Å². The van der Waals surface area contributed by atoms with Gasteiger partial charge in [-0.1, -0.05) is 20.3 Å². The Labute approximate surface area is 131 Å². The van der Waals surface area contributed by atoms with Crippen molar-refractivity contribution in [1.29, 1.82) is 5.26 Å². The maximum atomic E-state index is 12.6. The van der Waals surface area contributed by atoms with Crippen molar-refractivity contribution < 1.29 is 19.1 Å². The topological polar surface area (TPSA) is 76.4 Å².